The molecule has 41 heavy (non-hydrogen) atoms. The molecular weight excluding hydrogens is 542 g/mol. The zero-order chi connectivity index (χ0) is 29.1. The summed E-state index contributed by atoms with van der Waals surface area (Å²) in [7, 11) is -2.50. The van der Waals surface area contributed by atoms with E-state index in [-0.39, 0.29) is 16.0 Å². The maximum Gasteiger partial charge on any atom is 0.268 e. The Labute approximate surface area is 241 Å². The van der Waals surface area contributed by atoms with E-state index in [0.29, 0.717) is 48.2 Å². The Morgan fingerprint density at radius 2 is 1.85 bits per heavy atom. The van der Waals surface area contributed by atoms with Crippen LogP contribution in [0.25, 0.3) is 5.82 Å². The number of aromatic nitrogens is 5. The average Bonchev–Trinajstić information content (AvgIpc) is 3.81. The van der Waals surface area contributed by atoms with Crippen LogP contribution in [0.4, 0.5) is 5.82 Å². The molecule has 0 bridgehead atoms. The number of pyridine rings is 1. The van der Waals surface area contributed by atoms with Crippen LogP contribution in [-0.2, 0) is 17.1 Å². The zero-order valence-corrected chi connectivity index (χ0v) is 25.2. The van der Waals surface area contributed by atoms with Crippen molar-refractivity contribution >= 4 is 21.7 Å². The lowest BCUT2D eigenvalue weighted by molar-refractivity contribution is 0.0981. The summed E-state index contributed by atoms with van der Waals surface area (Å²) in [6.07, 6.45) is 9.32. The number of carbonyl (C=O) groups is 1. The Morgan fingerprint density at radius 1 is 1.15 bits per heavy atom. The van der Waals surface area contributed by atoms with Crippen LogP contribution in [0.2, 0.25) is 0 Å². The second-order valence-electron chi connectivity index (χ2n) is 12.7. The second-order valence-corrected chi connectivity index (χ2v) is 14.4. The molecule has 0 spiro atoms. The van der Waals surface area contributed by atoms with Crippen molar-refractivity contribution in [2.24, 2.45) is 30.7 Å². The first-order chi connectivity index (χ1) is 19.4. The number of carbonyl (C=O) groups excluding carboxylic acids is 1. The lowest BCUT2D eigenvalue weighted by Crippen LogP contribution is -2.41. The summed E-state index contributed by atoms with van der Waals surface area (Å²) in [4.78, 5) is 20.5. The lowest BCUT2D eigenvalue weighted by Gasteiger charge is -2.34. The van der Waals surface area contributed by atoms with Gasteiger partial charge in [-0.25, -0.2) is 22.8 Å². The van der Waals surface area contributed by atoms with Crippen LogP contribution in [0.15, 0.2) is 35.5 Å². The van der Waals surface area contributed by atoms with Crippen LogP contribution >= 0.6 is 0 Å². The molecule has 2 saturated carbocycles. The van der Waals surface area contributed by atoms with Gasteiger partial charge in [0.2, 0.25) is 5.88 Å². The molecule has 0 unspecified atom stereocenters. The summed E-state index contributed by atoms with van der Waals surface area (Å²) >= 11 is 0. The normalized spacial score (nSPS) is 20.5. The quantitative estimate of drug-likeness (QED) is 0.383. The van der Waals surface area contributed by atoms with Gasteiger partial charge in [-0.15, -0.1) is 5.10 Å². The highest BCUT2D eigenvalue weighted by molar-refractivity contribution is 7.90. The van der Waals surface area contributed by atoms with E-state index in [4.69, 9.17) is 9.72 Å². The fraction of sp³-hybridized carbons (Fsp3) is 0.586. The maximum absolute atomic E-state index is 13.5. The van der Waals surface area contributed by atoms with Crippen molar-refractivity contribution in [2.75, 3.05) is 18.1 Å². The van der Waals surface area contributed by atoms with Gasteiger partial charge >= 0.3 is 0 Å². The van der Waals surface area contributed by atoms with E-state index in [2.05, 4.69) is 40.6 Å². The number of anilines is 1. The first kappa shape index (κ1) is 27.7. The number of nitrogens with zero attached hydrogens (tertiary/aromatic N) is 6. The third kappa shape index (κ3) is 5.71. The van der Waals surface area contributed by atoms with E-state index in [9.17, 15) is 13.2 Å². The molecule has 12 heteroatoms. The van der Waals surface area contributed by atoms with E-state index < -0.39 is 15.9 Å². The van der Waals surface area contributed by atoms with Crippen molar-refractivity contribution in [3.05, 3.63) is 41.9 Å². The molecule has 1 N–H and O–H groups in total. The minimum atomic E-state index is -4.14. The number of amides is 1. The predicted molar refractivity (Wildman–Crippen MR) is 154 cm³/mol. The van der Waals surface area contributed by atoms with Gasteiger partial charge in [0.25, 0.3) is 15.9 Å². The van der Waals surface area contributed by atoms with Crippen molar-refractivity contribution in [1.82, 2.24) is 29.3 Å². The van der Waals surface area contributed by atoms with Crippen LogP contribution in [0.5, 0.6) is 5.88 Å². The van der Waals surface area contributed by atoms with E-state index in [1.54, 1.807) is 37.0 Å². The molecule has 2 aliphatic carbocycles. The Hall–Kier alpha value is -3.41. The molecule has 3 fully saturated rings. The topological polar surface area (TPSA) is 124 Å². The second kappa shape index (κ2) is 10.1. The molecule has 4 heterocycles. The monoisotopic (exact) mass is 581 g/mol. The first-order valence-electron chi connectivity index (χ1n) is 14.5. The Balaban J connectivity index is 1.28. The van der Waals surface area contributed by atoms with E-state index in [1.165, 1.54) is 36.6 Å². The van der Waals surface area contributed by atoms with E-state index in [0.717, 1.165) is 18.3 Å². The van der Waals surface area contributed by atoms with Gasteiger partial charge < -0.3 is 9.64 Å². The molecule has 0 aromatic carbocycles. The molecule has 3 aromatic heterocycles. The average molecular weight is 582 g/mol. The highest BCUT2D eigenvalue weighted by Gasteiger charge is 2.42. The van der Waals surface area contributed by atoms with Gasteiger partial charge in [0.05, 0.1) is 17.9 Å². The standard InChI is InChI=1S/C29H39N7O4S/c1-18-14-29(3,4)35(15-18)27-22(28(37)33-41(38,39)24-16-34(5)31-19(24)2)10-11-25(30-27)36-13-12-26(32-36)40-17-23(20-6-7-20)21-8-9-21/h10-13,16,18,20-21,23H,6-9,14-15,17H2,1-5H3,(H,33,37)/t18-/m0/s1. The SMILES string of the molecule is Cc1nn(C)cc1S(=O)(=O)NC(=O)c1ccc(-n2ccc(OCC(C3CC3)C3CC3)n2)nc1N1C[C@@H](C)CC1(C)C. The van der Waals surface area contributed by atoms with Gasteiger partial charge in [0.15, 0.2) is 5.82 Å². The van der Waals surface area contributed by atoms with E-state index >= 15 is 0 Å². The number of hydrogen-bond donors (Lipinski definition) is 1. The van der Waals surface area contributed by atoms with Crippen molar-refractivity contribution in [3.63, 3.8) is 0 Å². The molecule has 1 aliphatic heterocycles. The van der Waals surface area contributed by atoms with Crippen molar-refractivity contribution in [2.45, 2.75) is 70.2 Å². The largest absolute Gasteiger partial charge is 0.476 e. The predicted octanol–water partition coefficient (Wildman–Crippen LogP) is 3.87. The smallest absolute Gasteiger partial charge is 0.268 e. The number of hydrogen-bond acceptors (Lipinski definition) is 8. The molecule has 6 rings (SSSR count). The first-order valence-corrected chi connectivity index (χ1v) is 15.9. The molecule has 3 aliphatic rings. The molecule has 1 saturated heterocycles. The lowest BCUT2D eigenvalue weighted by atomic mass is 9.97. The van der Waals surface area contributed by atoms with Crippen LogP contribution in [0.1, 0.15) is 68.9 Å². The number of aryl methyl sites for hydroxylation is 2. The van der Waals surface area contributed by atoms with Gasteiger partial charge in [-0.05, 0) is 88.7 Å². The molecular formula is C29H39N7O4S. The molecule has 1 atom stereocenters. The zero-order valence-electron chi connectivity index (χ0n) is 24.4. The summed E-state index contributed by atoms with van der Waals surface area (Å²) in [5, 5.41) is 8.73. The van der Waals surface area contributed by atoms with Crippen molar-refractivity contribution in [3.8, 4) is 11.7 Å². The van der Waals surface area contributed by atoms with Crippen molar-refractivity contribution < 1.29 is 17.9 Å². The van der Waals surface area contributed by atoms with Gasteiger partial charge in [-0.2, -0.15) is 5.10 Å². The highest BCUT2D eigenvalue weighted by atomic mass is 32.2. The number of ether oxygens (including phenoxy) is 1. The maximum atomic E-state index is 13.5. The number of nitrogens with one attached hydrogen (secondary N) is 1. The minimum absolute atomic E-state index is 0.0377. The van der Waals surface area contributed by atoms with Crippen LogP contribution in [-0.4, -0.2) is 57.6 Å². The highest BCUT2D eigenvalue weighted by Crippen LogP contribution is 2.49. The Kier molecular flexibility index (Phi) is 6.87. The molecule has 0 radical (unpaired) electrons. The fourth-order valence-corrected chi connectivity index (χ4v) is 7.57. The number of rotatable bonds is 10. The Bertz CT molecular complexity index is 1560. The van der Waals surface area contributed by atoms with Gasteiger partial charge in [0, 0.05) is 37.6 Å². The molecule has 1 amide bonds. The minimum Gasteiger partial charge on any atom is -0.476 e. The Morgan fingerprint density at radius 3 is 2.44 bits per heavy atom. The van der Waals surface area contributed by atoms with Crippen LogP contribution in [0, 0.1) is 30.6 Å². The number of sulfonamides is 1. The third-order valence-corrected chi connectivity index (χ3v) is 10.0. The van der Waals surface area contributed by atoms with E-state index in [1.807, 2.05) is 6.07 Å². The summed E-state index contributed by atoms with van der Waals surface area (Å²) in [5.74, 6) is 3.34. The van der Waals surface area contributed by atoms with Crippen molar-refractivity contribution in [1.29, 1.82) is 0 Å². The van der Waals surface area contributed by atoms with Gasteiger partial charge in [-0.3, -0.25) is 9.48 Å². The van der Waals surface area contributed by atoms with Crippen LogP contribution < -0.4 is 14.4 Å². The summed E-state index contributed by atoms with van der Waals surface area (Å²) in [6, 6.07) is 5.14. The summed E-state index contributed by atoms with van der Waals surface area (Å²) in [6.45, 7) is 9.35. The van der Waals surface area contributed by atoms with Gasteiger partial charge in [0.1, 0.15) is 10.7 Å². The third-order valence-electron chi connectivity index (χ3n) is 8.60. The molecule has 220 valence electrons. The fourth-order valence-electron chi connectivity index (χ4n) is 6.38. The summed E-state index contributed by atoms with van der Waals surface area (Å²) < 4.78 is 37.6. The molecule has 11 nitrogen and oxygen atoms in total. The molecule has 3 aromatic rings. The van der Waals surface area contributed by atoms with Gasteiger partial charge in [-0.1, -0.05) is 6.92 Å². The summed E-state index contributed by atoms with van der Waals surface area (Å²) in [5.41, 5.74) is 0.215. The van der Waals surface area contributed by atoms with Crippen LogP contribution in [0.3, 0.4) is 0 Å².